The van der Waals surface area contributed by atoms with Crippen molar-refractivity contribution in [2.75, 3.05) is 6.54 Å². The lowest BCUT2D eigenvalue weighted by Gasteiger charge is -2.08. The molecule has 0 amide bonds. The Morgan fingerprint density at radius 1 is 1.30 bits per heavy atom. The summed E-state index contributed by atoms with van der Waals surface area (Å²) in [5.41, 5.74) is 3.05. The molecule has 0 spiro atoms. The van der Waals surface area contributed by atoms with E-state index in [0.29, 0.717) is 6.54 Å². The van der Waals surface area contributed by atoms with E-state index in [0.717, 1.165) is 24.1 Å². The zero-order chi connectivity index (χ0) is 14.4. The number of aromatic nitrogens is 1. The summed E-state index contributed by atoms with van der Waals surface area (Å²) in [7, 11) is 0. The average molecular weight is 271 g/mol. The minimum atomic E-state index is -0.339. The van der Waals surface area contributed by atoms with Gasteiger partial charge in [-0.3, -0.25) is 15.1 Å². The molecule has 1 N–H and O–H groups in total. The normalized spacial score (nSPS) is 10.4. The van der Waals surface area contributed by atoms with Crippen molar-refractivity contribution in [3.05, 3.63) is 69.5 Å². The summed E-state index contributed by atoms with van der Waals surface area (Å²) in [4.78, 5) is 14.6. The van der Waals surface area contributed by atoms with Crippen LogP contribution in [0.25, 0.3) is 0 Å². The van der Waals surface area contributed by atoms with Gasteiger partial charge >= 0.3 is 0 Å². The van der Waals surface area contributed by atoms with Gasteiger partial charge in [-0.25, -0.2) is 0 Å². The molecule has 0 unspecified atom stereocenters. The van der Waals surface area contributed by atoms with Gasteiger partial charge in [0.1, 0.15) is 0 Å². The Kier molecular flexibility index (Phi) is 4.79. The smallest absolute Gasteiger partial charge is 0.272 e. The molecule has 1 aromatic carbocycles. The first-order chi connectivity index (χ1) is 9.68. The van der Waals surface area contributed by atoms with Gasteiger partial charge in [-0.2, -0.15) is 0 Å². The maximum absolute atomic E-state index is 10.9. The average Bonchev–Trinajstić information content (AvgIpc) is 2.46. The van der Waals surface area contributed by atoms with Crippen molar-refractivity contribution in [1.82, 2.24) is 10.3 Å². The molecule has 0 bridgehead atoms. The summed E-state index contributed by atoms with van der Waals surface area (Å²) in [5.74, 6) is 0. The summed E-state index contributed by atoms with van der Waals surface area (Å²) in [6.07, 6.45) is 4.49. The Balaban J connectivity index is 1.88. The van der Waals surface area contributed by atoms with Gasteiger partial charge in [-0.1, -0.05) is 18.2 Å². The number of nitrogens with one attached hydrogen (secondary N) is 1. The number of nitrogens with zero attached hydrogens (tertiary/aromatic N) is 2. The molecular weight excluding hydrogens is 254 g/mol. The Labute approximate surface area is 117 Å². The zero-order valence-corrected chi connectivity index (χ0v) is 11.4. The lowest BCUT2D eigenvalue weighted by atomic mass is 10.1. The molecule has 0 aliphatic carbocycles. The third kappa shape index (κ3) is 3.61. The topological polar surface area (TPSA) is 68.1 Å². The fraction of sp³-hybridized carbons (Fsp3) is 0.267. The van der Waals surface area contributed by atoms with E-state index in [4.69, 9.17) is 0 Å². The second-order valence-electron chi connectivity index (χ2n) is 4.61. The molecule has 20 heavy (non-hydrogen) atoms. The van der Waals surface area contributed by atoms with Crippen LogP contribution in [0.5, 0.6) is 0 Å². The van der Waals surface area contributed by atoms with Gasteiger partial charge in [0.25, 0.3) is 5.69 Å². The summed E-state index contributed by atoms with van der Waals surface area (Å²) in [6.45, 7) is 3.23. The molecule has 0 fully saturated rings. The molecule has 0 aliphatic rings. The molecule has 0 radical (unpaired) electrons. The van der Waals surface area contributed by atoms with Crippen molar-refractivity contribution in [3.63, 3.8) is 0 Å². The van der Waals surface area contributed by atoms with Crippen LogP contribution in [0.1, 0.15) is 16.7 Å². The molecule has 1 heterocycles. The third-order valence-electron chi connectivity index (χ3n) is 3.24. The van der Waals surface area contributed by atoms with Crippen LogP contribution in [-0.2, 0) is 13.0 Å². The monoisotopic (exact) mass is 271 g/mol. The summed E-state index contributed by atoms with van der Waals surface area (Å²) < 4.78 is 0. The fourth-order valence-electron chi connectivity index (χ4n) is 2.06. The lowest BCUT2D eigenvalue weighted by molar-refractivity contribution is -0.385. The van der Waals surface area contributed by atoms with Gasteiger partial charge < -0.3 is 5.32 Å². The predicted molar refractivity (Wildman–Crippen MR) is 77.5 cm³/mol. The minimum absolute atomic E-state index is 0.177. The van der Waals surface area contributed by atoms with Crippen molar-refractivity contribution < 1.29 is 4.92 Å². The van der Waals surface area contributed by atoms with Crippen molar-refractivity contribution in [2.24, 2.45) is 0 Å². The number of nitro groups is 1. The molecule has 5 heteroatoms. The fourth-order valence-corrected chi connectivity index (χ4v) is 2.06. The molecule has 0 saturated heterocycles. The Morgan fingerprint density at radius 3 is 2.85 bits per heavy atom. The molecule has 1 aromatic heterocycles. The van der Waals surface area contributed by atoms with E-state index in [9.17, 15) is 10.1 Å². The molecule has 0 atom stereocenters. The van der Waals surface area contributed by atoms with Crippen molar-refractivity contribution in [1.29, 1.82) is 0 Å². The Morgan fingerprint density at radius 2 is 2.15 bits per heavy atom. The summed E-state index contributed by atoms with van der Waals surface area (Å²) >= 11 is 0. The van der Waals surface area contributed by atoms with E-state index in [1.54, 1.807) is 19.2 Å². The Hall–Kier alpha value is -2.27. The van der Waals surface area contributed by atoms with Crippen LogP contribution >= 0.6 is 0 Å². The Bertz CT molecular complexity index is 585. The minimum Gasteiger partial charge on any atom is -0.312 e. The van der Waals surface area contributed by atoms with E-state index in [2.05, 4.69) is 10.3 Å². The maximum Gasteiger partial charge on any atom is 0.272 e. The van der Waals surface area contributed by atoms with Crippen molar-refractivity contribution in [3.8, 4) is 0 Å². The molecule has 0 aliphatic heterocycles. The first-order valence-corrected chi connectivity index (χ1v) is 6.51. The van der Waals surface area contributed by atoms with Gasteiger partial charge in [0, 0.05) is 30.6 Å². The standard InChI is InChI=1S/C15H17N3O2/c1-12-14(5-2-6-15(12)18(19)20)11-17-9-7-13-4-3-8-16-10-13/h2-6,8,10,17H,7,9,11H2,1H3. The molecule has 2 rings (SSSR count). The molecule has 0 saturated carbocycles. The molecule has 104 valence electrons. The summed E-state index contributed by atoms with van der Waals surface area (Å²) in [5, 5.41) is 14.2. The third-order valence-corrected chi connectivity index (χ3v) is 3.24. The van der Waals surface area contributed by atoms with Gasteiger partial charge in [-0.15, -0.1) is 0 Å². The number of nitro benzene ring substituents is 1. The van der Waals surface area contributed by atoms with Gasteiger partial charge in [0.2, 0.25) is 0 Å². The van der Waals surface area contributed by atoms with Crippen LogP contribution in [0.3, 0.4) is 0 Å². The summed E-state index contributed by atoms with van der Waals surface area (Å²) in [6, 6.07) is 9.13. The van der Waals surface area contributed by atoms with Crippen LogP contribution in [-0.4, -0.2) is 16.5 Å². The lowest BCUT2D eigenvalue weighted by Crippen LogP contribution is -2.17. The first kappa shape index (κ1) is 14.1. The number of rotatable bonds is 6. The number of pyridine rings is 1. The number of benzene rings is 1. The van der Waals surface area contributed by atoms with Crippen LogP contribution in [0, 0.1) is 17.0 Å². The van der Waals surface area contributed by atoms with Crippen LogP contribution in [0.4, 0.5) is 5.69 Å². The predicted octanol–water partition coefficient (Wildman–Crippen LogP) is 2.63. The van der Waals surface area contributed by atoms with E-state index >= 15 is 0 Å². The highest BCUT2D eigenvalue weighted by Crippen LogP contribution is 2.20. The van der Waals surface area contributed by atoms with E-state index in [1.165, 1.54) is 11.6 Å². The van der Waals surface area contributed by atoms with E-state index < -0.39 is 0 Å². The largest absolute Gasteiger partial charge is 0.312 e. The van der Waals surface area contributed by atoms with Crippen LogP contribution in [0.2, 0.25) is 0 Å². The SMILES string of the molecule is Cc1c(CNCCc2cccnc2)cccc1[N+](=O)[O-]. The van der Waals surface area contributed by atoms with Gasteiger partial charge in [-0.05, 0) is 37.1 Å². The van der Waals surface area contributed by atoms with Gasteiger partial charge in [0.15, 0.2) is 0 Å². The second-order valence-corrected chi connectivity index (χ2v) is 4.61. The van der Waals surface area contributed by atoms with Crippen LogP contribution < -0.4 is 5.32 Å². The van der Waals surface area contributed by atoms with E-state index in [-0.39, 0.29) is 10.6 Å². The van der Waals surface area contributed by atoms with Crippen molar-refractivity contribution in [2.45, 2.75) is 19.9 Å². The number of hydrogen-bond acceptors (Lipinski definition) is 4. The van der Waals surface area contributed by atoms with Gasteiger partial charge in [0.05, 0.1) is 4.92 Å². The molecule has 5 nitrogen and oxygen atoms in total. The molecule has 2 aromatic rings. The van der Waals surface area contributed by atoms with Crippen LogP contribution in [0.15, 0.2) is 42.7 Å². The maximum atomic E-state index is 10.9. The van der Waals surface area contributed by atoms with E-state index in [1.807, 2.05) is 24.4 Å². The zero-order valence-electron chi connectivity index (χ0n) is 11.4. The number of hydrogen-bond donors (Lipinski definition) is 1. The quantitative estimate of drug-likeness (QED) is 0.498. The highest BCUT2D eigenvalue weighted by atomic mass is 16.6. The highest BCUT2D eigenvalue weighted by molar-refractivity contribution is 5.44. The second kappa shape index (κ2) is 6.77. The molecular formula is C15H17N3O2. The first-order valence-electron chi connectivity index (χ1n) is 6.51. The van der Waals surface area contributed by atoms with Crippen molar-refractivity contribution >= 4 is 5.69 Å². The highest BCUT2D eigenvalue weighted by Gasteiger charge is 2.12.